The number of carbonyl (C=O) groups excluding carboxylic acids is 1. The first-order valence-corrected chi connectivity index (χ1v) is 15.2. The van der Waals surface area contributed by atoms with Gasteiger partial charge in [0.25, 0.3) is 0 Å². The van der Waals surface area contributed by atoms with Gasteiger partial charge in [-0.3, -0.25) is 4.79 Å². The molecule has 0 aliphatic heterocycles. The number of unbranched alkanes of at least 4 members (excludes halogenated alkanes) is 9. The normalized spacial score (nSPS) is 12.3. The molecule has 0 fully saturated rings. The van der Waals surface area contributed by atoms with Crippen molar-refractivity contribution in [2.75, 3.05) is 5.32 Å². The second-order valence-electron chi connectivity index (χ2n) is 11.4. The maximum atomic E-state index is 13.9. The molecule has 0 radical (unpaired) electrons. The summed E-state index contributed by atoms with van der Waals surface area (Å²) in [7, 11) is 0. The molecular weight excluding hydrogens is 482 g/mol. The highest BCUT2D eigenvalue weighted by Gasteiger charge is 2.29. The van der Waals surface area contributed by atoms with E-state index in [4.69, 9.17) is 0 Å². The molecule has 0 aliphatic carbocycles. The van der Waals surface area contributed by atoms with Crippen LogP contribution in [0.5, 0.6) is 0 Å². The molecule has 0 saturated heterocycles. The number of tetrazole rings is 1. The Kier molecular flexibility index (Phi) is 12.7. The van der Waals surface area contributed by atoms with Crippen molar-refractivity contribution < 1.29 is 4.79 Å². The van der Waals surface area contributed by atoms with Crippen LogP contribution >= 0.6 is 0 Å². The largest absolute Gasteiger partial charge is 0.325 e. The minimum absolute atomic E-state index is 0.130. The van der Waals surface area contributed by atoms with Crippen molar-refractivity contribution in [3.8, 4) is 0 Å². The predicted octanol–water partition coefficient (Wildman–Crippen LogP) is 8.61. The molecule has 0 aliphatic rings. The fourth-order valence-corrected chi connectivity index (χ4v) is 5.16. The lowest BCUT2D eigenvalue weighted by Gasteiger charge is -2.22. The van der Waals surface area contributed by atoms with Gasteiger partial charge in [-0.05, 0) is 40.2 Å². The van der Waals surface area contributed by atoms with Gasteiger partial charge in [-0.1, -0.05) is 141 Å². The number of amides is 1. The zero-order valence-electron chi connectivity index (χ0n) is 24.8. The summed E-state index contributed by atoms with van der Waals surface area (Å²) < 4.78 is 0. The second kappa shape index (κ2) is 16.2. The zero-order chi connectivity index (χ0) is 28.0. The summed E-state index contributed by atoms with van der Waals surface area (Å²) in [6.07, 6.45) is 12.8. The number of para-hydroxylation sites is 1. The third-order valence-corrected chi connectivity index (χ3v) is 7.45. The fourth-order valence-electron chi connectivity index (χ4n) is 5.16. The van der Waals surface area contributed by atoms with Crippen molar-refractivity contribution in [2.24, 2.45) is 0 Å². The van der Waals surface area contributed by atoms with Gasteiger partial charge >= 0.3 is 0 Å². The summed E-state index contributed by atoms with van der Waals surface area (Å²) in [5.41, 5.74) is 4.05. The van der Waals surface area contributed by atoms with Crippen molar-refractivity contribution in [3.63, 3.8) is 0 Å². The van der Waals surface area contributed by atoms with Crippen LogP contribution in [0.3, 0.4) is 0 Å². The summed E-state index contributed by atoms with van der Waals surface area (Å²) in [6.45, 7) is 11.6. The number of aryl methyl sites for hydroxylation is 1. The first kappa shape index (κ1) is 30.5. The van der Waals surface area contributed by atoms with E-state index in [0.29, 0.717) is 5.82 Å². The number of carbonyl (C=O) groups is 1. The Morgan fingerprint density at radius 3 is 1.90 bits per heavy atom. The Labute approximate surface area is 236 Å². The van der Waals surface area contributed by atoms with Crippen LogP contribution in [-0.4, -0.2) is 26.1 Å². The second-order valence-corrected chi connectivity index (χ2v) is 11.4. The molecule has 6 heteroatoms. The number of benzene rings is 2. The Bertz CT molecular complexity index is 1100. The average Bonchev–Trinajstić information content (AvgIpc) is 3.38. The number of nitrogens with zero attached hydrogens (tertiary/aromatic N) is 4. The van der Waals surface area contributed by atoms with Gasteiger partial charge in [0, 0.05) is 5.69 Å². The van der Waals surface area contributed by atoms with Crippen LogP contribution in [0.25, 0.3) is 0 Å². The van der Waals surface area contributed by atoms with Crippen LogP contribution in [-0.2, 0) is 11.3 Å². The van der Waals surface area contributed by atoms with Crippen LogP contribution in [0.1, 0.15) is 139 Å². The highest BCUT2D eigenvalue weighted by atomic mass is 16.2. The summed E-state index contributed by atoms with van der Waals surface area (Å²) in [6, 6.07) is 16.1. The van der Waals surface area contributed by atoms with Gasteiger partial charge in [-0.25, -0.2) is 0 Å². The van der Waals surface area contributed by atoms with E-state index in [9.17, 15) is 4.79 Å². The maximum absolute atomic E-state index is 13.9. The van der Waals surface area contributed by atoms with E-state index in [0.717, 1.165) is 35.3 Å². The molecule has 39 heavy (non-hydrogen) atoms. The number of anilines is 1. The number of hydrogen-bond donors (Lipinski definition) is 1. The van der Waals surface area contributed by atoms with Crippen molar-refractivity contribution >= 4 is 11.6 Å². The topological polar surface area (TPSA) is 72.7 Å². The Balaban J connectivity index is 1.66. The molecular formula is C33H49N5O. The Morgan fingerprint density at radius 2 is 1.33 bits per heavy atom. The smallest absolute Gasteiger partial charge is 0.239 e. The van der Waals surface area contributed by atoms with Crippen LogP contribution in [0.4, 0.5) is 5.69 Å². The monoisotopic (exact) mass is 531 g/mol. The zero-order valence-corrected chi connectivity index (χ0v) is 24.8. The quantitative estimate of drug-likeness (QED) is 0.177. The molecule has 1 heterocycles. The van der Waals surface area contributed by atoms with E-state index in [1.54, 1.807) is 4.80 Å². The van der Waals surface area contributed by atoms with E-state index in [1.165, 1.54) is 57.8 Å². The number of hydrogen-bond acceptors (Lipinski definition) is 4. The molecule has 3 aromatic rings. The molecule has 1 atom stereocenters. The highest BCUT2D eigenvalue weighted by Crippen LogP contribution is 2.34. The van der Waals surface area contributed by atoms with Gasteiger partial charge in [-0.15, -0.1) is 10.2 Å². The first-order chi connectivity index (χ1) is 18.9. The third-order valence-electron chi connectivity index (χ3n) is 7.45. The van der Waals surface area contributed by atoms with Crippen molar-refractivity contribution in [1.82, 2.24) is 20.2 Å². The minimum Gasteiger partial charge on any atom is -0.325 e. The van der Waals surface area contributed by atoms with Gasteiger partial charge in [0.05, 0.1) is 6.54 Å². The molecule has 1 N–H and O–H groups in total. The lowest BCUT2D eigenvalue weighted by Crippen LogP contribution is -2.25. The van der Waals surface area contributed by atoms with Crippen LogP contribution in [0.15, 0.2) is 48.5 Å². The van der Waals surface area contributed by atoms with E-state index in [2.05, 4.69) is 73.5 Å². The standard InChI is InChI=1S/C33H49N5O/c1-6-7-8-9-10-11-12-13-14-18-24-38-36-32(35-37-38)30(27-20-16-15-17-21-27)33(39)34-31-28(25(2)3)22-19-23-29(31)26(4)5/h15-17,19-23,25-26,30H,6-14,18,24H2,1-5H3,(H,34,39)/t30-/m1/s1. The average molecular weight is 532 g/mol. The van der Waals surface area contributed by atoms with Crippen LogP contribution < -0.4 is 5.32 Å². The van der Waals surface area contributed by atoms with Gasteiger partial charge in [0.1, 0.15) is 5.92 Å². The summed E-state index contributed by atoms with van der Waals surface area (Å²) in [5, 5.41) is 16.6. The lowest BCUT2D eigenvalue weighted by atomic mass is 9.91. The SMILES string of the molecule is CCCCCCCCCCCCn1nnc([C@H](C(=O)Nc2c(C(C)C)cccc2C(C)C)c2ccccc2)n1. The fraction of sp³-hybridized carbons (Fsp3) is 0.576. The molecule has 6 nitrogen and oxygen atoms in total. The number of nitrogens with one attached hydrogen (secondary N) is 1. The molecule has 0 spiro atoms. The first-order valence-electron chi connectivity index (χ1n) is 15.2. The summed E-state index contributed by atoms with van der Waals surface area (Å²) in [5.74, 6) is 0.255. The lowest BCUT2D eigenvalue weighted by molar-refractivity contribution is -0.116. The number of rotatable bonds is 17. The molecule has 3 rings (SSSR count). The highest BCUT2D eigenvalue weighted by molar-refractivity contribution is 5.99. The van der Waals surface area contributed by atoms with Gasteiger partial charge in [0.2, 0.25) is 5.91 Å². The Hall–Kier alpha value is -3.02. The molecule has 1 amide bonds. The van der Waals surface area contributed by atoms with Gasteiger partial charge in [0.15, 0.2) is 5.82 Å². The van der Waals surface area contributed by atoms with Crippen LogP contribution in [0, 0.1) is 0 Å². The minimum atomic E-state index is -0.632. The summed E-state index contributed by atoms with van der Waals surface area (Å²) >= 11 is 0. The molecule has 0 saturated carbocycles. The third kappa shape index (κ3) is 9.29. The van der Waals surface area contributed by atoms with E-state index in [-0.39, 0.29) is 17.7 Å². The maximum Gasteiger partial charge on any atom is 0.239 e. The Morgan fingerprint density at radius 1 is 0.769 bits per heavy atom. The van der Waals surface area contributed by atoms with E-state index >= 15 is 0 Å². The molecule has 1 aromatic heterocycles. The van der Waals surface area contributed by atoms with Gasteiger partial charge < -0.3 is 5.32 Å². The summed E-state index contributed by atoms with van der Waals surface area (Å²) in [4.78, 5) is 15.5. The molecule has 212 valence electrons. The van der Waals surface area contributed by atoms with Crippen molar-refractivity contribution in [3.05, 3.63) is 71.0 Å². The van der Waals surface area contributed by atoms with E-state index < -0.39 is 5.92 Å². The van der Waals surface area contributed by atoms with E-state index in [1.807, 2.05) is 30.3 Å². The van der Waals surface area contributed by atoms with Gasteiger partial charge in [-0.2, -0.15) is 4.80 Å². The molecule has 0 unspecified atom stereocenters. The van der Waals surface area contributed by atoms with Crippen molar-refractivity contribution in [2.45, 2.75) is 123 Å². The molecule has 2 aromatic carbocycles. The van der Waals surface area contributed by atoms with Crippen LogP contribution in [0.2, 0.25) is 0 Å². The number of aromatic nitrogens is 4. The van der Waals surface area contributed by atoms with Crippen molar-refractivity contribution in [1.29, 1.82) is 0 Å². The predicted molar refractivity (Wildman–Crippen MR) is 161 cm³/mol. The molecule has 0 bridgehead atoms.